The van der Waals surface area contributed by atoms with Crippen molar-refractivity contribution in [2.75, 3.05) is 0 Å². The Morgan fingerprint density at radius 3 is 2.62 bits per heavy atom. The van der Waals surface area contributed by atoms with Crippen molar-refractivity contribution < 1.29 is 27.9 Å². The number of carbonyl (C=O) groups excluding carboxylic acids is 1. The molecule has 0 aliphatic heterocycles. The van der Waals surface area contributed by atoms with Gasteiger partial charge in [0.2, 0.25) is 0 Å². The van der Waals surface area contributed by atoms with E-state index in [1.54, 1.807) is 6.92 Å². The number of rotatable bonds is 5. The Balaban J connectivity index is 2.18. The van der Waals surface area contributed by atoms with Crippen LogP contribution in [-0.4, -0.2) is 32.8 Å². The number of carboxylic acid groups (broad SMARTS) is 1. The van der Waals surface area contributed by atoms with E-state index < -0.39 is 29.8 Å². The van der Waals surface area contributed by atoms with Crippen molar-refractivity contribution in [3.63, 3.8) is 0 Å². The van der Waals surface area contributed by atoms with Crippen molar-refractivity contribution in [2.24, 2.45) is 0 Å². The molecule has 1 heterocycles. The zero-order valence-corrected chi connectivity index (χ0v) is 12.5. The van der Waals surface area contributed by atoms with Gasteiger partial charge in [0.1, 0.15) is 0 Å². The lowest BCUT2D eigenvalue weighted by atomic mass is 10.1. The number of amides is 1. The van der Waals surface area contributed by atoms with E-state index in [1.165, 1.54) is 24.3 Å². The molecule has 2 aromatic rings. The van der Waals surface area contributed by atoms with E-state index in [4.69, 9.17) is 5.11 Å². The molecule has 1 aromatic heterocycles. The molecule has 2 rings (SSSR count). The molecule has 0 aliphatic carbocycles. The summed E-state index contributed by atoms with van der Waals surface area (Å²) in [5.74, 6) is -1.57. The molecule has 1 atom stereocenters. The van der Waals surface area contributed by atoms with Gasteiger partial charge in [0.15, 0.2) is 5.69 Å². The van der Waals surface area contributed by atoms with Crippen LogP contribution in [0.2, 0.25) is 0 Å². The van der Waals surface area contributed by atoms with Crippen molar-refractivity contribution >= 4 is 11.9 Å². The lowest BCUT2D eigenvalue weighted by molar-refractivity contribution is -0.141. The Hall–Kier alpha value is -2.84. The molecule has 9 heteroatoms. The van der Waals surface area contributed by atoms with Gasteiger partial charge >= 0.3 is 12.1 Å². The Morgan fingerprint density at radius 1 is 1.33 bits per heavy atom. The molecular weight excluding hydrogens is 327 g/mol. The number of carboxylic acids is 1. The first-order chi connectivity index (χ1) is 11.2. The second-order valence-corrected chi connectivity index (χ2v) is 5.17. The predicted octanol–water partition coefficient (Wildman–Crippen LogP) is 2.48. The topological polar surface area (TPSA) is 84.2 Å². The number of nitrogens with one attached hydrogen (secondary N) is 1. The number of aromatic nitrogens is 2. The van der Waals surface area contributed by atoms with Crippen LogP contribution < -0.4 is 5.32 Å². The van der Waals surface area contributed by atoms with E-state index in [-0.39, 0.29) is 17.7 Å². The lowest BCUT2D eigenvalue weighted by Gasteiger charge is -2.12. The molecule has 2 N–H and O–H groups in total. The molecule has 1 aromatic carbocycles. The van der Waals surface area contributed by atoms with Crippen LogP contribution in [0.5, 0.6) is 0 Å². The lowest BCUT2D eigenvalue weighted by Crippen LogP contribution is -2.34. The van der Waals surface area contributed by atoms with Gasteiger partial charge in [-0.2, -0.15) is 18.3 Å². The summed E-state index contributed by atoms with van der Waals surface area (Å²) >= 11 is 0. The van der Waals surface area contributed by atoms with Crippen LogP contribution in [0.1, 0.15) is 29.4 Å². The first kappa shape index (κ1) is 17.5. The predicted molar refractivity (Wildman–Crippen MR) is 77.7 cm³/mol. The standard InChI is InChI=1S/C15H14F3N3O3/c1-9(7-13(22)23)19-14(24)10-3-2-4-11(8-10)21-6-5-12(20-21)15(16,17)18/h2-6,8-9H,7H2,1H3,(H,19,24)(H,22,23). The maximum absolute atomic E-state index is 12.6. The second-order valence-electron chi connectivity index (χ2n) is 5.17. The molecule has 0 radical (unpaired) electrons. The average Bonchev–Trinajstić information content (AvgIpc) is 2.96. The van der Waals surface area contributed by atoms with Gasteiger partial charge in [-0.25, -0.2) is 4.68 Å². The number of benzene rings is 1. The van der Waals surface area contributed by atoms with E-state index in [9.17, 15) is 22.8 Å². The van der Waals surface area contributed by atoms with Crippen molar-refractivity contribution in [1.82, 2.24) is 15.1 Å². The highest BCUT2D eigenvalue weighted by Gasteiger charge is 2.33. The summed E-state index contributed by atoms with van der Waals surface area (Å²) in [5.41, 5.74) is -0.565. The van der Waals surface area contributed by atoms with Gasteiger partial charge < -0.3 is 10.4 Å². The maximum atomic E-state index is 12.6. The average molecular weight is 341 g/mol. The van der Waals surface area contributed by atoms with Crippen LogP contribution in [0.3, 0.4) is 0 Å². The molecule has 0 saturated heterocycles. The number of halogens is 3. The largest absolute Gasteiger partial charge is 0.481 e. The zero-order chi connectivity index (χ0) is 17.9. The van der Waals surface area contributed by atoms with E-state index in [2.05, 4.69) is 10.4 Å². The van der Waals surface area contributed by atoms with Crippen LogP contribution in [0.15, 0.2) is 36.5 Å². The third-order valence-electron chi connectivity index (χ3n) is 3.11. The Morgan fingerprint density at radius 2 is 2.04 bits per heavy atom. The van der Waals surface area contributed by atoms with Gasteiger partial charge in [0, 0.05) is 17.8 Å². The van der Waals surface area contributed by atoms with Crippen LogP contribution >= 0.6 is 0 Å². The minimum absolute atomic E-state index is 0.189. The van der Waals surface area contributed by atoms with Gasteiger partial charge in [-0.15, -0.1) is 0 Å². The van der Waals surface area contributed by atoms with E-state index >= 15 is 0 Å². The first-order valence-corrected chi connectivity index (χ1v) is 6.93. The van der Waals surface area contributed by atoms with E-state index in [0.717, 1.165) is 16.9 Å². The number of hydrogen-bond donors (Lipinski definition) is 2. The van der Waals surface area contributed by atoms with Crippen LogP contribution in [0.25, 0.3) is 5.69 Å². The summed E-state index contributed by atoms with van der Waals surface area (Å²) in [6.07, 6.45) is -3.64. The second kappa shape index (κ2) is 6.73. The molecule has 0 bridgehead atoms. The van der Waals surface area contributed by atoms with E-state index in [1.807, 2.05) is 0 Å². The van der Waals surface area contributed by atoms with Gasteiger partial charge in [-0.05, 0) is 31.2 Å². The minimum Gasteiger partial charge on any atom is -0.481 e. The number of alkyl halides is 3. The highest BCUT2D eigenvalue weighted by molar-refractivity contribution is 5.95. The summed E-state index contributed by atoms with van der Waals surface area (Å²) in [4.78, 5) is 22.7. The minimum atomic E-state index is -4.55. The zero-order valence-electron chi connectivity index (χ0n) is 12.5. The van der Waals surface area contributed by atoms with Crippen LogP contribution in [0.4, 0.5) is 13.2 Å². The van der Waals surface area contributed by atoms with E-state index in [0.29, 0.717) is 0 Å². The third kappa shape index (κ3) is 4.34. The number of carbonyl (C=O) groups is 2. The summed E-state index contributed by atoms with van der Waals surface area (Å²) in [6.45, 7) is 1.54. The number of hydrogen-bond acceptors (Lipinski definition) is 3. The molecule has 0 spiro atoms. The SMILES string of the molecule is CC(CC(=O)O)NC(=O)c1cccc(-n2ccc(C(F)(F)F)n2)c1. The molecule has 0 saturated carbocycles. The molecular formula is C15H14F3N3O3. The first-order valence-electron chi connectivity index (χ1n) is 6.93. The molecule has 24 heavy (non-hydrogen) atoms. The van der Waals surface area contributed by atoms with Gasteiger partial charge in [-0.1, -0.05) is 6.07 Å². The highest BCUT2D eigenvalue weighted by Crippen LogP contribution is 2.27. The number of nitrogens with zero attached hydrogens (tertiary/aromatic N) is 2. The number of aliphatic carboxylic acids is 1. The van der Waals surface area contributed by atoms with Crippen molar-refractivity contribution in [3.8, 4) is 5.69 Å². The maximum Gasteiger partial charge on any atom is 0.435 e. The Labute approximate surface area is 134 Å². The molecule has 0 aliphatic rings. The molecule has 1 unspecified atom stereocenters. The highest BCUT2D eigenvalue weighted by atomic mass is 19.4. The molecule has 128 valence electrons. The van der Waals surface area contributed by atoms with Crippen molar-refractivity contribution in [1.29, 1.82) is 0 Å². The smallest absolute Gasteiger partial charge is 0.435 e. The van der Waals surface area contributed by atoms with Crippen LogP contribution in [-0.2, 0) is 11.0 Å². The van der Waals surface area contributed by atoms with Crippen molar-refractivity contribution in [3.05, 3.63) is 47.8 Å². The fraction of sp³-hybridized carbons (Fsp3) is 0.267. The fourth-order valence-corrected chi connectivity index (χ4v) is 2.03. The molecule has 1 amide bonds. The summed E-state index contributed by atoms with van der Waals surface area (Å²) in [6, 6.07) is 6.10. The van der Waals surface area contributed by atoms with Gasteiger partial charge in [0.05, 0.1) is 12.1 Å². The summed E-state index contributed by atoms with van der Waals surface area (Å²) in [5, 5.41) is 14.6. The monoisotopic (exact) mass is 341 g/mol. The van der Waals surface area contributed by atoms with Crippen LogP contribution in [0, 0.1) is 0 Å². The summed E-state index contributed by atoms with van der Waals surface area (Å²) < 4.78 is 38.8. The van der Waals surface area contributed by atoms with Crippen molar-refractivity contribution in [2.45, 2.75) is 25.6 Å². The Bertz CT molecular complexity index is 756. The normalized spacial score (nSPS) is 12.7. The van der Waals surface area contributed by atoms with Gasteiger partial charge in [0.25, 0.3) is 5.91 Å². The molecule has 6 nitrogen and oxygen atoms in total. The quantitative estimate of drug-likeness (QED) is 0.875. The van der Waals surface area contributed by atoms with Gasteiger partial charge in [-0.3, -0.25) is 9.59 Å². The Kier molecular flexibility index (Phi) is 4.91. The third-order valence-corrected chi connectivity index (χ3v) is 3.11. The fourth-order valence-electron chi connectivity index (χ4n) is 2.03. The molecule has 0 fully saturated rings. The summed E-state index contributed by atoms with van der Waals surface area (Å²) in [7, 11) is 0.